The summed E-state index contributed by atoms with van der Waals surface area (Å²) in [5.41, 5.74) is 2.96. The zero-order valence-electron chi connectivity index (χ0n) is 15.7. The first-order chi connectivity index (χ1) is 13.6. The van der Waals surface area contributed by atoms with Gasteiger partial charge < -0.3 is 0 Å². The van der Waals surface area contributed by atoms with Crippen molar-refractivity contribution in [3.8, 4) is 0 Å². The maximum absolute atomic E-state index is 13.5. The first-order valence-corrected chi connectivity index (χ1v) is 10.6. The molecule has 0 saturated carbocycles. The van der Waals surface area contributed by atoms with Gasteiger partial charge in [0.25, 0.3) is 5.91 Å². The van der Waals surface area contributed by atoms with Gasteiger partial charge in [-0.05, 0) is 49.6 Å². The zero-order valence-corrected chi connectivity index (χ0v) is 17.3. The average Bonchev–Trinajstić information content (AvgIpc) is 3.17. The summed E-state index contributed by atoms with van der Waals surface area (Å²) in [6, 6.07) is 15.3. The second-order valence-electron chi connectivity index (χ2n) is 7.85. The van der Waals surface area contributed by atoms with E-state index in [9.17, 15) is 9.59 Å². The van der Waals surface area contributed by atoms with Crippen LogP contribution in [0.25, 0.3) is 0 Å². The highest BCUT2D eigenvalue weighted by atomic mass is 79.9. The molecule has 5 rings (SSSR count). The van der Waals surface area contributed by atoms with Crippen molar-refractivity contribution < 1.29 is 9.59 Å². The molecule has 6 heteroatoms. The average molecular weight is 440 g/mol. The standard InChI is InChI=1S/C22H22BrN3O2/c1-14-4-6-15(7-5-14)19-18-20(25-13-3-2-12-24(19)25)22(28)26(21(18)27)17-10-8-16(23)9-11-17/h4-11,18-20H,2-3,12-13H2,1H3/t18-,19-,20+/m0/s1. The van der Waals surface area contributed by atoms with E-state index in [1.165, 1.54) is 10.5 Å². The maximum Gasteiger partial charge on any atom is 0.253 e. The van der Waals surface area contributed by atoms with E-state index < -0.39 is 6.04 Å². The minimum atomic E-state index is -0.400. The van der Waals surface area contributed by atoms with Crippen LogP contribution in [-0.2, 0) is 9.59 Å². The lowest BCUT2D eigenvalue weighted by atomic mass is 9.90. The van der Waals surface area contributed by atoms with Gasteiger partial charge in [-0.2, -0.15) is 0 Å². The van der Waals surface area contributed by atoms with Crippen LogP contribution in [0.4, 0.5) is 5.69 Å². The number of amides is 2. The highest BCUT2D eigenvalue weighted by molar-refractivity contribution is 9.10. The smallest absolute Gasteiger partial charge is 0.253 e. The summed E-state index contributed by atoms with van der Waals surface area (Å²) in [6.07, 6.45) is 2.15. The monoisotopic (exact) mass is 439 g/mol. The normalized spacial score (nSPS) is 27.9. The first kappa shape index (κ1) is 18.0. The van der Waals surface area contributed by atoms with Crippen LogP contribution in [0.15, 0.2) is 53.0 Å². The van der Waals surface area contributed by atoms with E-state index in [4.69, 9.17) is 0 Å². The van der Waals surface area contributed by atoms with Gasteiger partial charge in [-0.3, -0.25) is 9.59 Å². The summed E-state index contributed by atoms with van der Waals surface area (Å²) in [7, 11) is 0. The number of carbonyl (C=O) groups is 2. The van der Waals surface area contributed by atoms with Crippen molar-refractivity contribution in [1.82, 2.24) is 10.0 Å². The van der Waals surface area contributed by atoms with Crippen LogP contribution in [0, 0.1) is 12.8 Å². The molecular formula is C22H22BrN3O2. The highest BCUT2D eigenvalue weighted by Crippen LogP contribution is 2.48. The number of rotatable bonds is 2. The number of halogens is 1. The molecule has 0 spiro atoms. The van der Waals surface area contributed by atoms with Crippen molar-refractivity contribution in [2.75, 3.05) is 18.0 Å². The van der Waals surface area contributed by atoms with Gasteiger partial charge in [0.2, 0.25) is 5.91 Å². The minimum absolute atomic E-state index is 0.0807. The molecule has 3 saturated heterocycles. The van der Waals surface area contributed by atoms with Gasteiger partial charge in [-0.25, -0.2) is 14.9 Å². The van der Waals surface area contributed by atoms with Crippen molar-refractivity contribution in [1.29, 1.82) is 0 Å². The molecule has 5 nitrogen and oxygen atoms in total. The molecule has 0 unspecified atom stereocenters. The lowest BCUT2D eigenvalue weighted by Gasteiger charge is -2.38. The molecule has 0 N–H and O–H groups in total. The number of nitrogens with zero attached hydrogens (tertiary/aromatic N) is 3. The number of hydrogen-bond acceptors (Lipinski definition) is 4. The second-order valence-corrected chi connectivity index (χ2v) is 8.76. The molecular weight excluding hydrogens is 418 g/mol. The van der Waals surface area contributed by atoms with Crippen molar-refractivity contribution in [2.24, 2.45) is 5.92 Å². The van der Waals surface area contributed by atoms with Crippen LogP contribution in [-0.4, -0.2) is 41.0 Å². The first-order valence-electron chi connectivity index (χ1n) is 9.79. The van der Waals surface area contributed by atoms with Crippen LogP contribution in [0.3, 0.4) is 0 Å². The van der Waals surface area contributed by atoms with Crippen molar-refractivity contribution >= 4 is 33.4 Å². The SMILES string of the molecule is Cc1ccc([C@H]2[C@@H]3C(=O)N(c4ccc(Br)cc4)C(=O)[C@@H]3N3CCCCN23)cc1. The Hall–Kier alpha value is -2.02. The summed E-state index contributed by atoms with van der Waals surface area (Å²) < 4.78 is 0.926. The van der Waals surface area contributed by atoms with Crippen LogP contribution in [0.5, 0.6) is 0 Å². The van der Waals surface area contributed by atoms with E-state index in [0.29, 0.717) is 5.69 Å². The predicted octanol–water partition coefficient (Wildman–Crippen LogP) is 3.68. The molecule has 3 heterocycles. The topological polar surface area (TPSA) is 43.9 Å². The fraction of sp³-hybridized carbons (Fsp3) is 0.364. The Morgan fingerprint density at radius 2 is 1.43 bits per heavy atom. The summed E-state index contributed by atoms with van der Waals surface area (Å²) in [6.45, 7) is 3.79. The van der Waals surface area contributed by atoms with Gasteiger partial charge in [0.1, 0.15) is 6.04 Å². The van der Waals surface area contributed by atoms with Crippen LogP contribution >= 0.6 is 15.9 Å². The summed E-state index contributed by atoms with van der Waals surface area (Å²) in [4.78, 5) is 28.3. The Kier molecular flexibility index (Phi) is 4.38. The largest absolute Gasteiger partial charge is 0.274 e. The molecule has 0 radical (unpaired) electrons. The number of anilines is 1. The van der Waals surface area contributed by atoms with Gasteiger partial charge in [-0.15, -0.1) is 0 Å². The number of fused-ring (bicyclic) bond motifs is 3. The zero-order chi connectivity index (χ0) is 19.4. The fourth-order valence-corrected chi connectivity index (χ4v) is 5.14. The second kappa shape index (κ2) is 6.79. The number of hydrazine groups is 1. The molecule has 0 aromatic heterocycles. The molecule has 3 aliphatic heterocycles. The number of aryl methyl sites for hydroxylation is 1. The Morgan fingerprint density at radius 3 is 2.07 bits per heavy atom. The van der Waals surface area contributed by atoms with E-state index in [-0.39, 0.29) is 23.8 Å². The molecule has 144 valence electrons. The minimum Gasteiger partial charge on any atom is -0.274 e. The predicted molar refractivity (Wildman–Crippen MR) is 110 cm³/mol. The van der Waals surface area contributed by atoms with E-state index in [0.717, 1.165) is 36.0 Å². The van der Waals surface area contributed by atoms with Crippen LogP contribution in [0.1, 0.15) is 30.0 Å². The van der Waals surface area contributed by atoms with Gasteiger partial charge in [0.05, 0.1) is 17.6 Å². The van der Waals surface area contributed by atoms with Gasteiger partial charge in [-0.1, -0.05) is 45.8 Å². The van der Waals surface area contributed by atoms with E-state index in [1.807, 2.05) is 24.3 Å². The third-order valence-electron chi connectivity index (χ3n) is 6.16. The van der Waals surface area contributed by atoms with Crippen LogP contribution < -0.4 is 4.90 Å². The Bertz CT molecular complexity index is 928. The summed E-state index contributed by atoms with van der Waals surface area (Å²) in [5.74, 6) is -0.548. The van der Waals surface area contributed by atoms with Gasteiger partial charge >= 0.3 is 0 Å². The third kappa shape index (κ3) is 2.66. The number of imide groups is 1. The summed E-state index contributed by atoms with van der Waals surface area (Å²) >= 11 is 3.42. The number of carbonyl (C=O) groups excluding carboxylic acids is 2. The third-order valence-corrected chi connectivity index (χ3v) is 6.69. The fourth-order valence-electron chi connectivity index (χ4n) is 4.87. The van der Waals surface area contributed by atoms with Gasteiger partial charge in [0, 0.05) is 17.6 Å². The van der Waals surface area contributed by atoms with E-state index in [1.54, 1.807) is 0 Å². The Balaban J connectivity index is 1.58. The van der Waals surface area contributed by atoms with Crippen molar-refractivity contribution in [2.45, 2.75) is 31.8 Å². The maximum atomic E-state index is 13.5. The van der Waals surface area contributed by atoms with Gasteiger partial charge in [0.15, 0.2) is 0 Å². The van der Waals surface area contributed by atoms with Crippen LogP contribution in [0.2, 0.25) is 0 Å². The quantitative estimate of drug-likeness (QED) is 0.669. The lowest BCUT2D eigenvalue weighted by Crippen LogP contribution is -2.50. The van der Waals surface area contributed by atoms with E-state index in [2.05, 4.69) is 57.1 Å². The van der Waals surface area contributed by atoms with Crippen molar-refractivity contribution in [3.63, 3.8) is 0 Å². The molecule has 2 amide bonds. The number of hydrogen-bond donors (Lipinski definition) is 0. The Labute approximate surface area is 173 Å². The molecule has 3 atom stereocenters. The lowest BCUT2D eigenvalue weighted by molar-refractivity contribution is -0.130. The van der Waals surface area contributed by atoms with E-state index >= 15 is 0 Å². The molecule has 3 fully saturated rings. The highest BCUT2D eigenvalue weighted by Gasteiger charge is 2.62. The Morgan fingerprint density at radius 1 is 0.821 bits per heavy atom. The summed E-state index contributed by atoms with van der Waals surface area (Å²) in [5, 5.41) is 4.44. The number of benzene rings is 2. The van der Waals surface area contributed by atoms with Crippen molar-refractivity contribution in [3.05, 3.63) is 64.1 Å². The molecule has 2 aromatic rings. The molecule has 3 aliphatic rings. The molecule has 2 aromatic carbocycles. The molecule has 0 bridgehead atoms. The molecule has 0 aliphatic carbocycles. The molecule has 28 heavy (non-hydrogen) atoms.